The number of rotatable bonds is 0. The van der Waals surface area contributed by atoms with E-state index in [0.717, 1.165) is 5.39 Å². The molecule has 11 heavy (non-hydrogen) atoms. The third kappa shape index (κ3) is 0.749. The predicted octanol–water partition coefficient (Wildman–Crippen LogP) is 0.830. The van der Waals surface area contributed by atoms with Crippen LogP contribution in [0.3, 0.4) is 0 Å². The van der Waals surface area contributed by atoms with Gasteiger partial charge in [-0.2, -0.15) is 5.26 Å². The molecule has 0 aromatic carbocycles. The monoisotopic (exact) mass is 144 g/mol. The molecule has 1 N–H and O–H groups in total. The van der Waals surface area contributed by atoms with Gasteiger partial charge in [-0.25, -0.2) is 9.97 Å². The molecule has 0 spiro atoms. The second-order valence-corrected chi connectivity index (χ2v) is 2.10. The fraction of sp³-hybridized carbons (Fsp3) is 0. The standard InChI is InChI=1S/C7H4N4/c8-1-5-2-10-7-6(5)3-9-4-11-7/h2-4H,(H,9,10,11). The zero-order chi connectivity index (χ0) is 7.68. The Morgan fingerprint density at radius 1 is 1.55 bits per heavy atom. The van der Waals surface area contributed by atoms with Crippen molar-refractivity contribution in [3.8, 4) is 6.07 Å². The normalized spacial score (nSPS) is 9.73. The summed E-state index contributed by atoms with van der Waals surface area (Å²) >= 11 is 0. The van der Waals surface area contributed by atoms with E-state index in [1.54, 1.807) is 12.4 Å². The van der Waals surface area contributed by atoms with E-state index in [1.807, 2.05) is 6.07 Å². The molecule has 2 aromatic heterocycles. The van der Waals surface area contributed by atoms with Crippen molar-refractivity contribution in [3.63, 3.8) is 0 Å². The molecule has 4 heteroatoms. The summed E-state index contributed by atoms with van der Waals surface area (Å²) in [6.07, 6.45) is 4.69. The minimum Gasteiger partial charge on any atom is -0.345 e. The van der Waals surface area contributed by atoms with Crippen LogP contribution < -0.4 is 0 Å². The van der Waals surface area contributed by atoms with Crippen LogP contribution in [0.4, 0.5) is 0 Å². The molecule has 2 heterocycles. The summed E-state index contributed by atoms with van der Waals surface area (Å²) in [6.45, 7) is 0. The quantitative estimate of drug-likeness (QED) is 0.595. The van der Waals surface area contributed by atoms with Crippen LogP contribution in [0.1, 0.15) is 5.56 Å². The Bertz CT molecular complexity index is 423. The lowest BCUT2D eigenvalue weighted by Crippen LogP contribution is -1.77. The number of nitrogens with zero attached hydrogens (tertiary/aromatic N) is 3. The average molecular weight is 144 g/mol. The van der Waals surface area contributed by atoms with Crippen LogP contribution in [0, 0.1) is 11.3 Å². The molecule has 2 aromatic rings. The van der Waals surface area contributed by atoms with Gasteiger partial charge in [0.2, 0.25) is 0 Å². The summed E-state index contributed by atoms with van der Waals surface area (Å²) in [5.74, 6) is 0. The summed E-state index contributed by atoms with van der Waals surface area (Å²) in [4.78, 5) is 10.6. The first-order valence-corrected chi connectivity index (χ1v) is 3.09. The van der Waals surface area contributed by atoms with E-state index < -0.39 is 0 Å². The number of H-pyrrole nitrogens is 1. The molecule has 0 aliphatic carbocycles. The highest BCUT2D eigenvalue weighted by Gasteiger charge is 2.01. The first-order chi connectivity index (χ1) is 5.42. The number of nitriles is 1. The van der Waals surface area contributed by atoms with Gasteiger partial charge in [-0.3, -0.25) is 0 Å². The van der Waals surface area contributed by atoms with Crippen LogP contribution in [0.2, 0.25) is 0 Å². The Morgan fingerprint density at radius 2 is 2.45 bits per heavy atom. The average Bonchev–Trinajstić information content (AvgIpc) is 2.47. The Kier molecular flexibility index (Phi) is 1.10. The number of aromatic amines is 1. The third-order valence-electron chi connectivity index (χ3n) is 1.48. The van der Waals surface area contributed by atoms with Gasteiger partial charge in [-0.05, 0) is 0 Å². The number of fused-ring (bicyclic) bond motifs is 1. The molecule has 52 valence electrons. The molecule has 0 fully saturated rings. The van der Waals surface area contributed by atoms with Crippen molar-refractivity contribution in [2.45, 2.75) is 0 Å². The predicted molar refractivity (Wildman–Crippen MR) is 38.6 cm³/mol. The summed E-state index contributed by atoms with van der Waals surface area (Å²) in [7, 11) is 0. The van der Waals surface area contributed by atoms with E-state index >= 15 is 0 Å². The first-order valence-electron chi connectivity index (χ1n) is 3.09. The first kappa shape index (κ1) is 5.86. The van der Waals surface area contributed by atoms with Gasteiger partial charge in [0.05, 0.1) is 10.9 Å². The fourth-order valence-electron chi connectivity index (χ4n) is 0.953. The Labute approximate surface area is 62.5 Å². The highest BCUT2D eigenvalue weighted by molar-refractivity contribution is 5.81. The maximum Gasteiger partial charge on any atom is 0.142 e. The highest BCUT2D eigenvalue weighted by Crippen LogP contribution is 2.12. The molecule has 0 atom stereocenters. The van der Waals surface area contributed by atoms with Crippen molar-refractivity contribution >= 4 is 11.0 Å². The van der Waals surface area contributed by atoms with E-state index in [4.69, 9.17) is 5.26 Å². The van der Waals surface area contributed by atoms with Crippen molar-refractivity contribution < 1.29 is 0 Å². The molecule has 2 rings (SSSR count). The molecule has 4 nitrogen and oxygen atoms in total. The van der Waals surface area contributed by atoms with Crippen molar-refractivity contribution in [1.29, 1.82) is 5.26 Å². The summed E-state index contributed by atoms with van der Waals surface area (Å²) in [5.41, 5.74) is 1.29. The molecule has 0 saturated carbocycles. The van der Waals surface area contributed by atoms with Gasteiger partial charge in [0, 0.05) is 12.4 Å². The van der Waals surface area contributed by atoms with Gasteiger partial charge in [-0.1, -0.05) is 0 Å². The van der Waals surface area contributed by atoms with Crippen LogP contribution in [-0.2, 0) is 0 Å². The fourth-order valence-corrected chi connectivity index (χ4v) is 0.953. The molecule has 0 amide bonds. The lowest BCUT2D eigenvalue weighted by atomic mass is 10.3. The molecular formula is C7H4N4. The van der Waals surface area contributed by atoms with Crippen LogP contribution in [0.25, 0.3) is 11.0 Å². The van der Waals surface area contributed by atoms with Crippen LogP contribution >= 0.6 is 0 Å². The van der Waals surface area contributed by atoms with Gasteiger partial charge in [0.1, 0.15) is 18.0 Å². The van der Waals surface area contributed by atoms with Gasteiger partial charge in [0.15, 0.2) is 0 Å². The zero-order valence-electron chi connectivity index (χ0n) is 5.57. The second-order valence-electron chi connectivity index (χ2n) is 2.10. The van der Waals surface area contributed by atoms with Crippen LogP contribution in [0.5, 0.6) is 0 Å². The van der Waals surface area contributed by atoms with E-state index in [1.165, 1.54) is 6.33 Å². The van der Waals surface area contributed by atoms with Crippen LogP contribution in [0.15, 0.2) is 18.7 Å². The van der Waals surface area contributed by atoms with E-state index in [9.17, 15) is 0 Å². The summed E-state index contributed by atoms with van der Waals surface area (Å²) in [6, 6.07) is 2.04. The SMILES string of the molecule is N#Cc1c[nH]c2ncncc12. The zero-order valence-corrected chi connectivity index (χ0v) is 5.57. The minimum absolute atomic E-state index is 0.584. The Hall–Kier alpha value is -1.89. The van der Waals surface area contributed by atoms with E-state index in [0.29, 0.717) is 11.2 Å². The second kappa shape index (κ2) is 2.06. The van der Waals surface area contributed by atoms with E-state index in [-0.39, 0.29) is 0 Å². The number of nitrogens with one attached hydrogen (secondary N) is 1. The third-order valence-corrected chi connectivity index (χ3v) is 1.48. The molecule has 0 radical (unpaired) electrons. The largest absolute Gasteiger partial charge is 0.345 e. The van der Waals surface area contributed by atoms with Gasteiger partial charge < -0.3 is 4.98 Å². The van der Waals surface area contributed by atoms with E-state index in [2.05, 4.69) is 15.0 Å². The van der Waals surface area contributed by atoms with Gasteiger partial charge >= 0.3 is 0 Å². The lowest BCUT2D eigenvalue weighted by Gasteiger charge is -1.84. The Balaban J connectivity index is 2.89. The summed E-state index contributed by atoms with van der Waals surface area (Å²) < 4.78 is 0. The van der Waals surface area contributed by atoms with Crippen molar-refractivity contribution in [3.05, 3.63) is 24.3 Å². The number of hydrogen-bond acceptors (Lipinski definition) is 3. The topological polar surface area (TPSA) is 65.4 Å². The van der Waals surface area contributed by atoms with Gasteiger partial charge in [-0.15, -0.1) is 0 Å². The maximum atomic E-state index is 8.60. The van der Waals surface area contributed by atoms with Crippen molar-refractivity contribution in [2.75, 3.05) is 0 Å². The van der Waals surface area contributed by atoms with Crippen LogP contribution in [-0.4, -0.2) is 15.0 Å². The maximum absolute atomic E-state index is 8.60. The van der Waals surface area contributed by atoms with Crippen molar-refractivity contribution in [1.82, 2.24) is 15.0 Å². The van der Waals surface area contributed by atoms with Crippen molar-refractivity contribution in [2.24, 2.45) is 0 Å². The molecular weight excluding hydrogens is 140 g/mol. The molecule has 0 saturated heterocycles. The molecule has 0 unspecified atom stereocenters. The minimum atomic E-state index is 0.584. The Morgan fingerprint density at radius 3 is 3.27 bits per heavy atom. The number of hydrogen-bond donors (Lipinski definition) is 1. The number of aromatic nitrogens is 3. The highest BCUT2D eigenvalue weighted by atomic mass is 14.9. The van der Waals surface area contributed by atoms with Gasteiger partial charge in [0.25, 0.3) is 0 Å². The molecule has 0 bridgehead atoms. The smallest absolute Gasteiger partial charge is 0.142 e. The molecule has 0 aliphatic heterocycles. The lowest BCUT2D eigenvalue weighted by molar-refractivity contribution is 1.20. The summed E-state index contributed by atoms with van der Waals surface area (Å²) in [5, 5.41) is 9.37. The molecule has 0 aliphatic rings.